The average Bonchev–Trinajstić information content (AvgIpc) is 3.18. The quantitative estimate of drug-likeness (QED) is 0.344. The number of hydrogen-bond acceptors (Lipinski definition) is 5. The molecule has 1 N–H and O–H groups in total. The zero-order chi connectivity index (χ0) is 28.8. The molecule has 1 amide bonds. The zero-order valence-corrected chi connectivity index (χ0v) is 24.3. The van der Waals surface area contributed by atoms with Gasteiger partial charge in [0, 0.05) is 42.7 Å². The molecular weight excluding hydrogens is 552 g/mol. The summed E-state index contributed by atoms with van der Waals surface area (Å²) in [5.41, 5.74) is -0.269. The van der Waals surface area contributed by atoms with Crippen molar-refractivity contribution in [3.8, 4) is 0 Å². The average molecular weight is 585 g/mol. The number of nitrogens with zero attached hydrogens (tertiary/aromatic N) is 3. The molecule has 0 aliphatic carbocycles. The Kier molecular flexibility index (Phi) is 7.70. The predicted octanol–water partition coefficient (Wildman–Crippen LogP) is 6.48. The number of methoxy groups -OCH3 is 1. The minimum Gasteiger partial charge on any atom is -0.385 e. The van der Waals surface area contributed by atoms with Crippen LogP contribution in [0, 0.1) is 11.7 Å². The number of carbonyl (C=O) groups is 1. The third-order valence-corrected chi connectivity index (χ3v) is 8.81. The van der Waals surface area contributed by atoms with Crippen LogP contribution in [0.15, 0.2) is 67.0 Å². The first-order valence-electron chi connectivity index (χ1n) is 13.2. The van der Waals surface area contributed by atoms with Crippen molar-refractivity contribution >= 4 is 29.1 Å². The summed E-state index contributed by atoms with van der Waals surface area (Å²) >= 11 is 12.2. The van der Waals surface area contributed by atoms with Crippen molar-refractivity contribution in [3.05, 3.63) is 111 Å². The summed E-state index contributed by atoms with van der Waals surface area (Å²) in [4.78, 5) is 22.1. The lowest BCUT2D eigenvalue weighted by atomic mass is 9.76. The molecule has 0 saturated carbocycles. The molecule has 5 rings (SSSR count). The standard InChI is InChI=1S/C31H32Cl2FN3O3/c1-19(2)36-13-11-20(12-14-36)30(3,39)22-15-26-28(27(34)16-22)31(40-4,21-5-7-23(32)8-6-21)37(29(26)38)18-25-10-9-24(33)17-35-25/h5-10,15-17,20,39H,1,11-14,18H2,2-4H3/t30?,31-/m1/s1. The number of aliphatic hydroxyl groups is 1. The lowest BCUT2D eigenvalue weighted by molar-refractivity contribution is -0.0886. The van der Waals surface area contributed by atoms with Crippen LogP contribution in [0.25, 0.3) is 0 Å². The Balaban J connectivity index is 1.61. The largest absolute Gasteiger partial charge is 0.385 e. The van der Waals surface area contributed by atoms with Crippen LogP contribution in [-0.2, 0) is 22.6 Å². The second kappa shape index (κ2) is 10.8. The highest BCUT2D eigenvalue weighted by molar-refractivity contribution is 6.30. The smallest absolute Gasteiger partial charge is 0.257 e. The maximum Gasteiger partial charge on any atom is 0.257 e. The van der Waals surface area contributed by atoms with E-state index < -0.39 is 23.1 Å². The third-order valence-electron chi connectivity index (χ3n) is 8.34. The summed E-state index contributed by atoms with van der Waals surface area (Å²) in [6.45, 7) is 9.23. The molecule has 6 nitrogen and oxygen atoms in total. The maximum absolute atomic E-state index is 16.4. The number of carbonyl (C=O) groups excluding carboxylic acids is 1. The minimum absolute atomic E-state index is 0.0334. The van der Waals surface area contributed by atoms with Crippen LogP contribution < -0.4 is 0 Å². The van der Waals surface area contributed by atoms with Crippen molar-refractivity contribution in [3.63, 3.8) is 0 Å². The van der Waals surface area contributed by atoms with Gasteiger partial charge in [-0.2, -0.15) is 0 Å². The van der Waals surface area contributed by atoms with Crippen molar-refractivity contribution in [1.82, 2.24) is 14.8 Å². The Morgan fingerprint density at radius 2 is 1.82 bits per heavy atom. The van der Waals surface area contributed by atoms with Crippen molar-refractivity contribution in [1.29, 1.82) is 0 Å². The molecule has 40 heavy (non-hydrogen) atoms. The van der Waals surface area contributed by atoms with E-state index in [9.17, 15) is 9.90 Å². The number of benzene rings is 2. The summed E-state index contributed by atoms with van der Waals surface area (Å²) in [7, 11) is 1.44. The highest BCUT2D eigenvalue weighted by atomic mass is 35.5. The summed E-state index contributed by atoms with van der Waals surface area (Å²) in [6.07, 6.45) is 2.93. The minimum atomic E-state index is -1.58. The molecule has 2 aliphatic heterocycles. The van der Waals surface area contributed by atoms with E-state index in [1.807, 2.05) is 6.92 Å². The summed E-state index contributed by atoms with van der Waals surface area (Å²) in [5, 5.41) is 12.7. The van der Waals surface area contributed by atoms with E-state index in [0.717, 1.165) is 18.8 Å². The number of aromatic nitrogens is 1. The van der Waals surface area contributed by atoms with Crippen molar-refractivity contribution in [2.75, 3.05) is 20.2 Å². The van der Waals surface area contributed by atoms with Gasteiger partial charge in [0.2, 0.25) is 0 Å². The molecule has 1 saturated heterocycles. The lowest BCUT2D eigenvalue weighted by Crippen LogP contribution is -2.46. The number of piperidine rings is 1. The number of halogens is 3. The molecule has 0 spiro atoms. The van der Waals surface area contributed by atoms with Gasteiger partial charge >= 0.3 is 0 Å². The molecule has 9 heteroatoms. The maximum atomic E-state index is 16.4. The molecule has 2 aromatic carbocycles. The summed E-state index contributed by atoms with van der Waals surface area (Å²) in [6, 6.07) is 13.1. The van der Waals surface area contributed by atoms with Crippen LogP contribution in [-0.4, -0.2) is 46.0 Å². The van der Waals surface area contributed by atoms with E-state index >= 15 is 4.39 Å². The first kappa shape index (κ1) is 28.6. The number of allylic oxidation sites excluding steroid dienone is 1. The normalized spacial score (nSPS) is 20.9. The first-order valence-corrected chi connectivity index (χ1v) is 14.0. The van der Waals surface area contributed by atoms with Crippen molar-refractivity contribution < 1.29 is 19.0 Å². The second-order valence-corrected chi connectivity index (χ2v) is 11.6. The highest BCUT2D eigenvalue weighted by Crippen LogP contribution is 2.49. The van der Waals surface area contributed by atoms with Gasteiger partial charge in [-0.15, -0.1) is 0 Å². The number of rotatable bonds is 7. The number of hydrogen-bond donors (Lipinski definition) is 1. The van der Waals surface area contributed by atoms with E-state index in [0.29, 0.717) is 39.7 Å². The fourth-order valence-electron chi connectivity index (χ4n) is 6.05. The van der Waals surface area contributed by atoms with Crippen LogP contribution in [0.2, 0.25) is 10.0 Å². The molecule has 210 valence electrons. The number of pyridine rings is 1. The Morgan fingerprint density at radius 3 is 2.40 bits per heavy atom. The van der Waals surface area contributed by atoms with Crippen molar-refractivity contribution in [2.24, 2.45) is 5.92 Å². The first-order chi connectivity index (χ1) is 19.0. The van der Waals surface area contributed by atoms with Gasteiger partial charge in [-0.25, -0.2) is 4.39 Å². The predicted molar refractivity (Wildman–Crippen MR) is 153 cm³/mol. The van der Waals surface area contributed by atoms with Gasteiger partial charge in [0.1, 0.15) is 5.82 Å². The van der Waals surface area contributed by atoms with E-state index in [1.54, 1.807) is 49.4 Å². The van der Waals surface area contributed by atoms with Gasteiger partial charge < -0.3 is 14.7 Å². The van der Waals surface area contributed by atoms with E-state index in [2.05, 4.69) is 16.5 Å². The fourth-order valence-corrected chi connectivity index (χ4v) is 6.28. The zero-order valence-electron chi connectivity index (χ0n) is 22.8. The van der Waals surface area contributed by atoms with Gasteiger partial charge in [0.05, 0.1) is 34.0 Å². The topological polar surface area (TPSA) is 65.9 Å². The Morgan fingerprint density at radius 1 is 1.18 bits per heavy atom. The Labute approximate surface area is 244 Å². The number of fused-ring (bicyclic) bond motifs is 1. The molecule has 1 unspecified atom stereocenters. The van der Waals surface area contributed by atoms with Crippen LogP contribution in [0.3, 0.4) is 0 Å². The van der Waals surface area contributed by atoms with Gasteiger partial charge in [-0.05, 0) is 74.6 Å². The molecular formula is C31H32Cl2FN3O3. The molecule has 2 aliphatic rings. The van der Waals surface area contributed by atoms with Gasteiger partial charge in [0.15, 0.2) is 5.72 Å². The molecule has 0 bridgehead atoms. The van der Waals surface area contributed by atoms with Crippen LogP contribution in [0.1, 0.15) is 59.4 Å². The van der Waals surface area contributed by atoms with E-state index in [-0.39, 0.29) is 23.6 Å². The number of amides is 1. The molecule has 1 aromatic heterocycles. The highest BCUT2D eigenvalue weighted by Gasteiger charge is 2.54. The third kappa shape index (κ3) is 4.79. The fraction of sp³-hybridized carbons (Fsp3) is 0.355. The summed E-state index contributed by atoms with van der Waals surface area (Å²) in [5.74, 6) is -1.18. The van der Waals surface area contributed by atoms with Crippen LogP contribution >= 0.6 is 23.2 Å². The number of likely N-dealkylation sites (tertiary alicyclic amines) is 1. The van der Waals surface area contributed by atoms with Gasteiger partial charge in [-0.1, -0.05) is 41.9 Å². The SMILES string of the molecule is C=C(C)N1CCC(C(C)(O)c2cc(F)c3c(c2)C(=O)N(Cc2ccc(Cl)cn2)[C@@]3(OC)c2ccc(Cl)cc2)CC1. The molecule has 3 aromatic rings. The molecule has 1 fully saturated rings. The monoisotopic (exact) mass is 583 g/mol. The van der Waals surface area contributed by atoms with E-state index in [4.69, 9.17) is 27.9 Å². The van der Waals surface area contributed by atoms with Gasteiger partial charge in [-0.3, -0.25) is 14.7 Å². The molecule has 2 atom stereocenters. The summed E-state index contributed by atoms with van der Waals surface area (Å²) < 4.78 is 22.4. The number of ether oxygens (including phenoxy) is 1. The second-order valence-electron chi connectivity index (χ2n) is 10.7. The van der Waals surface area contributed by atoms with Crippen LogP contribution in [0.5, 0.6) is 0 Å². The molecule has 0 radical (unpaired) electrons. The Hall–Kier alpha value is -2.97. The van der Waals surface area contributed by atoms with E-state index in [1.165, 1.54) is 24.3 Å². The lowest BCUT2D eigenvalue weighted by Gasteiger charge is -2.41. The van der Waals surface area contributed by atoms with Gasteiger partial charge in [0.25, 0.3) is 5.91 Å². The Bertz CT molecular complexity index is 1440. The molecule has 3 heterocycles. The van der Waals surface area contributed by atoms with Crippen molar-refractivity contribution in [2.45, 2.75) is 44.6 Å². The van der Waals surface area contributed by atoms with Crippen LogP contribution in [0.4, 0.5) is 4.39 Å².